The van der Waals surface area contributed by atoms with Gasteiger partial charge in [-0.05, 0) is 25.5 Å². The van der Waals surface area contributed by atoms with Crippen LogP contribution < -0.4 is 0 Å². The number of rotatable bonds is 5. The lowest BCUT2D eigenvalue weighted by Gasteiger charge is -2.42. The lowest BCUT2D eigenvalue weighted by atomic mass is 9.98. The van der Waals surface area contributed by atoms with Crippen molar-refractivity contribution >= 4 is 5.97 Å². The van der Waals surface area contributed by atoms with E-state index in [1.807, 2.05) is 0 Å². The predicted octanol–water partition coefficient (Wildman–Crippen LogP) is -2.06. The maximum absolute atomic E-state index is 11.8. The molecule has 1 unspecified atom stereocenters. The minimum Gasteiger partial charge on any atom is -0.463 e. The molecule has 1 saturated heterocycles. The zero-order chi connectivity index (χ0) is 17.9. The molecule has 24 heavy (non-hydrogen) atoms. The van der Waals surface area contributed by atoms with Crippen molar-refractivity contribution in [2.75, 3.05) is 13.2 Å². The highest BCUT2D eigenvalue weighted by Crippen LogP contribution is 2.29. The quantitative estimate of drug-likeness (QED) is 0.215. The van der Waals surface area contributed by atoms with Crippen molar-refractivity contribution in [3.63, 3.8) is 0 Å². The Labute approximate surface area is 138 Å². The van der Waals surface area contributed by atoms with E-state index in [0.717, 1.165) is 6.08 Å². The Morgan fingerprint density at radius 3 is 2.67 bits per heavy atom. The number of hydrogen-bond acceptors (Lipinski definition) is 9. The molecular weight excluding hydrogens is 324 g/mol. The number of esters is 1. The van der Waals surface area contributed by atoms with Crippen molar-refractivity contribution in [1.29, 1.82) is 0 Å². The molecule has 136 valence electrons. The van der Waals surface area contributed by atoms with Crippen molar-refractivity contribution in [2.24, 2.45) is 0 Å². The minimum atomic E-state index is -2.08. The van der Waals surface area contributed by atoms with Crippen LogP contribution in [0, 0.1) is 0 Å². The molecule has 2 rings (SSSR count). The highest BCUT2D eigenvalue weighted by atomic mass is 16.8. The third-order valence-corrected chi connectivity index (χ3v) is 3.77. The number of aliphatic hydroxyl groups is 5. The number of allylic oxidation sites excluding steroid dienone is 1. The van der Waals surface area contributed by atoms with Crippen molar-refractivity contribution in [3.05, 3.63) is 23.8 Å². The van der Waals surface area contributed by atoms with Crippen molar-refractivity contribution in [1.82, 2.24) is 0 Å². The Morgan fingerprint density at radius 2 is 2.04 bits per heavy atom. The monoisotopic (exact) mass is 346 g/mol. The van der Waals surface area contributed by atoms with Crippen LogP contribution in [0.15, 0.2) is 23.8 Å². The Kier molecular flexibility index (Phi) is 6.10. The fourth-order valence-electron chi connectivity index (χ4n) is 2.50. The highest BCUT2D eigenvalue weighted by Gasteiger charge is 2.46. The van der Waals surface area contributed by atoms with Crippen molar-refractivity contribution in [2.45, 2.75) is 49.8 Å². The summed E-state index contributed by atoms with van der Waals surface area (Å²) in [6.07, 6.45) is -3.45. The molecule has 1 aliphatic heterocycles. The van der Waals surface area contributed by atoms with E-state index in [0.29, 0.717) is 0 Å². The molecule has 9 nitrogen and oxygen atoms in total. The average molecular weight is 346 g/mol. The van der Waals surface area contributed by atoms with E-state index in [4.69, 9.17) is 19.3 Å². The van der Waals surface area contributed by atoms with Crippen LogP contribution >= 0.6 is 0 Å². The summed E-state index contributed by atoms with van der Waals surface area (Å²) in [4.78, 5) is 11.8. The number of aliphatic hydroxyl groups excluding tert-OH is 4. The van der Waals surface area contributed by atoms with Crippen LogP contribution in [0.3, 0.4) is 0 Å². The van der Waals surface area contributed by atoms with E-state index in [1.54, 1.807) is 6.92 Å². The number of hydrogen-bond donors (Lipinski definition) is 5. The van der Waals surface area contributed by atoms with Crippen LogP contribution in [-0.4, -0.2) is 81.2 Å². The standard InChI is InChI=1S/C15H22O9/c1-2-22-13(20)8-4-3-5-15(21,6-8)24-14-12(19)11(18)10(17)9(7-16)23-14/h3,5-6,9-12,14,16-19,21H,2,4,7H2,1H3/t9-,10-,11+,12-,14+,15?/m1/s1. The first-order valence-corrected chi connectivity index (χ1v) is 7.58. The molecule has 0 aromatic rings. The van der Waals surface area contributed by atoms with Crippen LogP contribution in [0.25, 0.3) is 0 Å². The molecule has 1 heterocycles. The van der Waals surface area contributed by atoms with Gasteiger partial charge in [0.05, 0.1) is 13.2 Å². The second-order valence-corrected chi connectivity index (χ2v) is 5.56. The molecule has 0 amide bonds. The smallest absolute Gasteiger partial charge is 0.334 e. The first-order chi connectivity index (χ1) is 11.3. The molecule has 0 aromatic carbocycles. The number of carbonyl (C=O) groups excluding carboxylic acids is 1. The van der Waals surface area contributed by atoms with Crippen LogP contribution in [-0.2, 0) is 19.0 Å². The lowest BCUT2D eigenvalue weighted by Crippen LogP contribution is -2.60. The summed E-state index contributed by atoms with van der Waals surface area (Å²) in [5, 5.41) is 49.0. The number of ether oxygens (including phenoxy) is 3. The number of carbonyl (C=O) groups is 1. The molecule has 5 N–H and O–H groups in total. The summed E-state index contributed by atoms with van der Waals surface area (Å²) in [7, 11) is 0. The van der Waals surface area contributed by atoms with Gasteiger partial charge >= 0.3 is 5.97 Å². The van der Waals surface area contributed by atoms with E-state index < -0.39 is 49.1 Å². The van der Waals surface area contributed by atoms with Gasteiger partial charge in [-0.2, -0.15) is 0 Å². The zero-order valence-electron chi connectivity index (χ0n) is 13.1. The van der Waals surface area contributed by atoms with Gasteiger partial charge in [0.1, 0.15) is 24.4 Å². The highest BCUT2D eigenvalue weighted by molar-refractivity contribution is 5.89. The average Bonchev–Trinajstić information content (AvgIpc) is 2.55. The van der Waals surface area contributed by atoms with Gasteiger partial charge in [0.15, 0.2) is 6.29 Å². The molecule has 0 spiro atoms. The summed E-state index contributed by atoms with van der Waals surface area (Å²) in [5.41, 5.74) is 0.159. The topological polar surface area (TPSA) is 146 Å². The molecule has 0 radical (unpaired) electrons. The van der Waals surface area contributed by atoms with Crippen LogP contribution in [0.4, 0.5) is 0 Å². The molecule has 1 fully saturated rings. The van der Waals surface area contributed by atoms with E-state index in [9.17, 15) is 25.2 Å². The Balaban J connectivity index is 2.14. The SMILES string of the molecule is CCOC(=O)C1=CC(O)(O[C@@H]2O[C@H](CO)[C@@H](O)[C@H](O)[C@H]2O)C=CC1. The maximum atomic E-state index is 11.8. The Morgan fingerprint density at radius 1 is 1.33 bits per heavy atom. The Hall–Kier alpha value is -1.33. The molecule has 0 saturated carbocycles. The fraction of sp³-hybridized carbons (Fsp3) is 0.667. The van der Waals surface area contributed by atoms with Gasteiger partial charge in [0, 0.05) is 5.57 Å². The first kappa shape index (κ1) is 19.0. The molecule has 9 heteroatoms. The molecule has 0 bridgehead atoms. The maximum Gasteiger partial charge on any atom is 0.334 e. The van der Waals surface area contributed by atoms with Gasteiger partial charge in [0.25, 0.3) is 0 Å². The third kappa shape index (κ3) is 4.01. The molecule has 6 atom stereocenters. The second kappa shape index (κ2) is 7.70. The molecule has 0 aromatic heterocycles. The molecular formula is C15H22O9. The van der Waals surface area contributed by atoms with Crippen LogP contribution in [0.5, 0.6) is 0 Å². The van der Waals surface area contributed by atoms with Crippen LogP contribution in [0.2, 0.25) is 0 Å². The zero-order valence-corrected chi connectivity index (χ0v) is 13.1. The Bertz CT molecular complexity index is 515. The first-order valence-electron chi connectivity index (χ1n) is 7.58. The summed E-state index contributed by atoms with van der Waals surface area (Å²) < 4.78 is 15.3. The minimum absolute atomic E-state index is 0.159. The van der Waals surface area contributed by atoms with Gasteiger partial charge < -0.3 is 39.7 Å². The molecule has 1 aliphatic carbocycles. The third-order valence-electron chi connectivity index (χ3n) is 3.77. The van der Waals surface area contributed by atoms with Crippen molar-refractivity contribution < 1.29 is 44.5 Å². The summed E-state index contributed by atoms with van der Waals surface area (Å²) in [5.74, 6) is -2.69. The molecule has 2 aliphatic rings. The van der Waals surface area contributed by atoms with E-state index in [-0.39, 0.29) is 18.6 Å². The van der Waals surface area contributed by atoms with E-state index >= 15 is 0 Å². The predicted molar refractivity (Wildman–Crippen MR) is 78.3 cm³/mol. The summed E-state index contributed by atoms with van der Waals surface area (Å²) in [6.45, 7) is 1.20. The summed E-state index contributed by atoms with van der Waals surface area (Å²) >= 11 is 0. The van der Waals surface area contributed by atoms with E-state index in [2.05, 4.69) is 0 Å². The fourth-order valence-corrected chi connectivity index (χ4v) is 2.50. The van der Waals surface area contributed by atoms with Gasteiger partial charge in [0.2, 0.25) is 5.79 Å². The van der Waals surface area contributed by atoms with E-state index in [1.165, 1.54) is 12.2 Å². The lowest BCUT2D eigenvalue weighted by molar-refractivity contribution is -0.340. The van der Waals surface area contributed by atoms with Gasteiger partial charge in [-0.3, -0.25) is 0 Å². The van der Waals surface area contributed by atoms with Crippen LogP contribution in [0.1, 0.15) is 13.3 Å². The van der Waals surface area contributed by atoms with Crippen molar-refractivity contribution in [3.8, 4) is 0 Å². The van der Waals surface area contributed by atoms with Gasteiger partial charge in [-0.1, -0.05) is 6.08 Å². The normalized spacial score (nSPS) is 39.4. The largest absolute Gasteiger partial charge is 0.463 e. The summed E-state index contributed by atoms with van der Waals surface area (Å²) in [6, 6.07) is 0. The van der Waals surface area contributed by atoms with Gasteiger partial charge in [-0.25, -0.2) is 4.79 Å². The second-order valence-electron chi connectivity index (χ2n) is 5.56. The van der Waals surface area contributed by atoms with Gasteiger partial charge in [-0.15, -0.1) is 0 Å².